The number of aromatic nitrogens is 1. The van der Waals surface area contributed by atoms with E-state index in [0.717, 1.165) is 22.2 Å². The molecule has 156 valence electrons. The lowest BCUT2D eigenvalue weighted by molar-refractivity contribution is 0.298. The Bertz CT molecular complexity index is 1100. The molecule has 0 aliphatic rings. The molecular weight excluding hydrogens is 400 g/mol. The molecule has 0 aliphatic carbocycles. The molecule has 0 aliphatic heterocycles. The summed E-state index contributed by atoms with van der Waals surface area (Å²) in [5, 5.41) is 4.77. The molecule has 2 aromatic carbocycles. The summed E-state index contributed by atoms with van der Waals surface area (Å²) in [5.74, 6) is 1.48. The number of methoxy groups -OCH3 is 1. The normalized spacial score (nSPS) is 10.7. The first-order valence-corrected chi connectivity index (χ1v) is 9.99. The zero-order valence-electron chi connectivity index (χ0n) is 17.0. The van der Waals surface area contributed by atoms with Crippen LogP contribution in [0.1, 0.15) is 5.56 Å². The van der Waals surface area contributed by atoms with E-state index >= 15 is 0 Å². The van der Waals surface area contributed by atoms with E-state index < -0.39 is 0 Å². The summed E-state index contributed by atoms with van der Waals surface area (Å²) in [6.07, 6.45) is 1.70. The lowest BCUT2D eigenvalue weighted by Gasteiger charge is -2.15. The number of nitrogens with one attached hydrogen (secondary N) is 1. The third-order valence-electron chi connectivity index (χ3n) is 4.73. The van der Waals surface area contributed by atoms with E-state index in [-0.39, 0.29) is 5.56 Å². The van der Waals surface area contributed by atoms with Gasteiger partial charge in [0.25, 0.3) is 5.56 Å². The Balaban J connectivity index is 1.81. The molecule has 0 bridgehead atoms. The van der Waals surface area contributed by atoms with Gasteiger partial charge in [0.1, 0.15) is 18.1 Å². The highest BCUT2D eigenvalue weighted by Gasteiger charge is 2.10. The van der Waals surface area contributed by atoms with Gasteiger partial charge in [0.2, 0.25) is 0 Å². The second-order valence-corrected chi connectivity index (χ2v) is 7.26. The summed E-state index contributed by atoms with van der Waals surface area (Å²) >= 11 is 6.19. The molecule has 1 N–H and O–H groups in total. The maximum atomic E-state index is 13.1. The number of hydrogen-bond acceptors (Lipinski definition) is 4. The van der Waals surface area contributed by atoms with Crippen molar-refractivity contribution in [2.24, 2.45) is 0 Å². The predicted molar refractivity (Wildman–Crippen MR) is 123 cm³/mol. The molecule has 0 unspecified atom stereocenters. The van der Waals surface area contributed by atoms with Crippen LogP contribution in [0.15, 0.2) is 78.1 Å². The molecule has 1 aromatic heterocycles. The van der Waals surface area contributed by atoms with Crippen LogP contribution in [-0.2, 0) is 13.1 Å². The Labute approximate surface area is 181 Å². The topological polar surface area (TPSA) is 52.5 Å². The summed E-state index contributed by atoms with van der Waals surface area (Å²) in [6, 6.07) is 14.8. The van der Waals surface area contributed by atoms with Crippen molar-refractivity contribution in [2.45, 2.75) is 13.1 Å². The van der Waals surface area contributed by atoms with E-state index in [9.17, 15) is 4.79 Å². The molecule has 0 amide bonds. The number of ether oxygens (including phenoxy) is 2. The number of fused-ring (bicyclic) bond motifs is 1. The minimum absolute atomic E-state index is 0.0696. The van der Waals surface area contributed by atoms with E-state index in [1.54, 1.807) is 17.8 Å². The van der Waals surface area contributed by atoms with Gasteiger partial charge in [-0.1, -0.05) is 36.9 Å². The van der Waals surface area contributed by atoms with E-state index in [1.807, 2.05) is 48.5 Å². The lowest BCUT2D eigenvalue weighted by atomic mass is 10.1. The third-order valence-corrected chi connectivity index (χ3v) is 4.97. The van der Waals surface area contributed by atoms with Crippen LogP contribution in [0.5, 0.6) is 11.5 Å². The summed E-state index contributed by atoms with van der Waals surface area (Å²) in [5.41, 5.74) is 2.26. The van der Waals surface area contributed by atoms with Gasteiger partial charge < -0.3 is 19.4 Å². The van der Waals surface area contributed by atoms with Crippen LogP contribution in [0.4, 0.5) is 0 Å². The molecule has 0 radical (unpaired) electrons. The standard InChI is InChI=1S/C24H25ClN2O3/c1-4-17(2)15-26-16-19-13-18-5-6-20(25)14-23(18)27(24(19)28)11-12-30-22-9-7-21(29-3)8-10-22/h4-10,13-14,26H,1-2,11-12,15-16H2,3H3. The van der Waals surface area contributed by atoms with Crippen molar-refractivity contribution < 1.29 is 9.47 Å². The van der Waals surface area contributed by atoms with Gasteiger partial charge in [0.05, 0.1) is 19.2 Å². The number of nitrogens with zero attached hydrogens (tertiary/aromatic N) is 1. The lowest BCUT2D eigenvalue weighted by Crippen LogP contribution is -2.29. The molecule has 1 heterocycles. The van der Waals surface area contributed by atoms with Crippen LogP contribution in [0.2, 0.25) is 5.02 Å². The molecule has 3 aromatic rings. The molecule has 0 saturated heterocycles. The number of pyridine rings is 1. The third kappa shape index (κ3) is 5.32. The van der Waals surface area contributed by atoms with Crippen molar-refractivity contribution in [3.8, 4) is 11.5 Å². The Morgan fingerprint density at radius 1 is 1.17 bits per heavy atom. The maximum absolute atomic E-state index is 13.1. The zero-order valence-corrected chi connectivity index (χ0v) is 17.7. The van der Waals surface area contributed by atoms with Gasteiger partial charge in [-0.05, 0) is 53.4 Å². The number of benzene rings is 2. The predicted octanol–water partition coefficient (Wildman–Crippen LogP) is 4.57. The monoisotopic (exact) mass is 424 g/mol. The van der Waals surface area contributed by atoms with E-state index in [1.165, 1.54) is 0 Å². The molecule has 30 heavy (non-hydrogen) atoms. The van der Waals surface area contributed by atoms with E-state index in [0.29, 0.717) is 42.6 Å². The molecule has 5 nitrogen and oxygen atoms in total. The Morgan fingerprint density at radius 3 is 2.60 bits per heavy atom. The van der Waals surface area contributed by atoms with Crippen LogP contribution >= 0.6 is 11.6 Å². The minimum atomic E-state index is -0.0696. The van der Waals surface area contributed by atoms with E-state index in [2.05, 4.69) is 18.5 Å². The number of hydrogen-bond donors (Lipinski definition) is 1. The van der Waals surface area contributed by atoms with Crippen molar-refractivity contribution in [3.05, 3.63) is 94.3 Å². The average molecular weight is 425 g/mol. The summed E-state index contributed by atoms with van der Waals surface area (Å²) in [6.45, 7) is 9.33. The Kier molecular flexibility index (Phi) is 7.33. The number of halogens is 1. The van der Waals surface area contributed by atoms with Gasteiger partial charge in [-0.15, -0.1) is 0 Å². The van der Waals surface area contributed by atoms with Gasteiger partial charge in [-0.3, -0.25) is 4.79 Å². The average Bonchev–Trinajstić information content (AvgIpc) is 2.76. The number of rotatable bonds is 10. The molecule has 6 heteroatoms. The van der Waals surface area contributed by atoms with Crippen molar-refractivity contribution in [1.29, 1.82) is 0 Å². The van der Waals surface area contributed by atoms with Crippen LogP contribution in [0.3, 0.4) is 0 Å². The Morgan fingerprint density at radius 2 is 1.90 bits per heavy atom. The fourth-order valence-corrected chi connectivity index (χ4v) is 3.28. The molecule has 0 saturated carbocycles. The molecule has 0 atom stereocenters. The van der Waals surface area contributed by atoms with Crippen LogP contribution in [0.25, 0.3) is 10.9 Å². The van der Waals surface area contributed by atoms with Gasteiger partial charge in [0, 0.05) is 23.7 Å². The van der Waals surface area contributed by atoms with Crippen molar-refractivity contribution in [3.63, 3.8) is 0 Å². The molecule has 0 fully saturated rings. The van der Waals surface area contributed by atoms with Crippen molar-refractivity contribution in [2.75, 3.05) is 20.3 Å². The van der Waals surface area contributed by atoms with E-state index in [4.69, 9.17) is 21.1 Å². The molecular formula is C24H25ClN2O3. The fourth-order valence-electron chi connectivity index (χ4n) is 3.11. The minimum Gasteiger partial charge on any atom is -0.497 e. The summed E-state index contributed by atoms with van der Waals surface area (Å²) < 4.78 is 12.7. The molecule has 0 spiro atoms. The second kappa shape index (κ2) is 10.1. The second-order valence-electron chi connectivity index (χ2n) is 6.82. The highest BCUT2D eigenvalue weighted by molar-refractivity contribution is 6.31. The smallest absolute Gasteiger partial charge is 0.255 e. The SMILES string of the molecule is C=CC(=C)CNCc1cc2ccc(Cl)cc2n(CCOc2ccc(OC)cc2)c1=O. The largest absolute Gasteiger partial charge is 0.497 e. The van der Waals surface area contributed by atoms with Crippen LogP contribution in [-0.4, -0.2) is 24.8 Å². The van der Waals surface area contributed by atoms with Crippen molar-refractivity contribution in [1.82, 2.24) is 9.88 Å². The zero-order chi connectivity index (χ0) is 21.5. The quantitative estimate of drug-likeness (QED) is 0.484. The van der Waals surface area contributed by atoms with Crippen LogP contribution in [0, 0.1) is 0 Å². The van der Waals surface area contributed by atoms with Gasteiger partial charge in [-0.25, -0.2) is 0 Å². The Hall–Kier alpha value is -3.02. The highest BCUT2D eigenvalue weighted by Crippen LogP contribution is 2.20. The first-order valence-electron chi connectivity index (χ1n) is 9.61. The molecule has 3 rings (SSSR count). The van der Waals surface area contributed by atoms with Crippen LogP contribution < -0.4 is 20.3 Å². The first kappa shape index (κ1) is 21.7. The van der Waals surface area contributed by atoms with Crippen molar-refractivity contribution >= 4 is 22.5 Å². The summed E-state index contributed by atoms with van der Waals surface area (Å²) in [7, 11) is 1.62. The first-order chi connectivity index (χ1) is 14.5. The maximum Gasteiger partial charge on any atom is 0.255 e. The summed E-state index contributed by atoms with van der Waals surface area (Å²) in [4.78, 5) is 13.1. The van der Waals surface area contributed by atoms with Gasteiger partial charge in [-0.2, -0.15) is 0 Å². The fraction of sp³-hybridized carbons (Fsp3) is 0.208. The van der Waals surface area contributed by atoms with Gasteiger partial charge >= 0.3 is 0 Å². The van der Waals surface area contributed by atoms with Gasteiger partial charge in [0.15, 0.2) is 0 Å². The highest BCUT2D eigenvalue weighted by atomic mass is 35.5.